The fourth-order valence-corrected chi connectivity index (χ4v) is 4.35. The minimum absolute atomic E-state index is 0.0149. The molecule has 3 heterocycles. The van der Waals surface area contributed by atoms with Gasteiger partial charge in [-0.3, -0.25) is 0 Å². The number of phenolic OH excluding ortho intramolecular Hbond substituents is 1. The minimum atomic E-state index is -1.00. The number of nitrogens with one attached hydrogen (secondary N) is 1. The average molecular weight is 402 g/mol. The van der Waals surface area contributed by atoms with Gasteiger partial charge in [0.15, 0.2) is 11.6 Å². The molecule has 0 saturated carbocycles. The molecule has 0 spiro atoms. The summed E-state index contributed by atoms with van der Waals surface area (Å²) >= 11 is 1.63. The fourth-order valence-electron chi connectivity index (χ4n) is 3.51. The van der Waals surface area contributed by atoms with E-state index >= 15 is 0 Å². The minimum Gasteiger partial charge on any atom is -0.505 e. The average Bonchev–Trinajstić information content (AvgIpc) is 3.33. The number of rotatable bonds is 5. The van der Waals surface area contributed by atoms with Gasteiger partial charge in [0.25, 0.3) is 0 Å². The summed E-state index contributed by atoms with van der Waals surface area (Å²) in [5.74, 6) is -1.80. The molecule has 0 radical (unpaired) electrons. The van der Waals surface area contributed by atoms with Gasteiger partial charge in [-0.15, -0.1) is 11.3 Å². The highest BCUT2D eigenvalue weighted by Crippen LogP contribution is 2.44. The summed E-state index contributed by atoms with van der Waals surface area (Å²) in [4.78, 5) is 5.86. The maximum Gasteiger partial charge on any atom is 0.167 e. The molecule has 4 nitrogen and oxygen atoms in total. The molecule has 1 aliphatic heterocycles. The lowest BCUT2D eigenvalue weighted by molar-refractivity contribution is 0.337. The molecule has 3 aromatic rings. The maximum absolute atomic E-state index is 14.6. The molecule has 1 aromatic carbocycles. The molecule has 28 heavy (non-hydrogen) atoms. The Hall–Kier alpha value is -2.51. The number of hydrogen-bond acceptors (Lipinski definition) is 5. The van der Waals surface area contributed by atoms with E-state index in [2.05, 4.69) is 5.32 Å². The van der Waals surface area contributed by atoms with E-state index in [1.54, 1.807) is 11.3 Å². The smallest absolute Gasteiger partial charge is 0.167 e. The summed E-state index contributed by atoms with van der Waals surface area (Å²) in [6, 6.07) is 7.79. The molecule has 7 heteroatoms. The number of likely N-dealkylation sites (N-methyl/N-ethyl adjacent to an activating group) is 1. The van der Waals surface area contributed by atoms with Crippen molar-refractivity contribution in [1.29, 1.82) is 0 Å². The summed E-state index contributed by atoms with van der Waals surface area (Å²) in [7, 11) is 1.87. The third-order valence-corrected chi connectivity index (χ3v) is 5.96. The van der Waals surface area contributed by atoms with Gasteiger partial charge < -0.3 is 15.2 Å². The van der Waals surface area contributed by atoms with Gasteiger partial charge in [-0.05, 0) is 30.6 Å². The number of hydrogen-bond donors (Lipinski definition) is 2. The van der Waals surface area contributed by atoms with Crippen LogP contribution in [-0.4, -0.2) is 30.3 Å². The van der Waals surface area contributed by atoms with E-state index in [4.69, 9.17) is 9.72 Å². The quantitative estimate of drug-likeness (QED) is 0.653. The highest BCUT2D eigenvalue weighted by atomic mass is 32.1. The highest BCUT2D eigenvalue weighted by molar-refractivity contribution is 7.10. The molecule has 0 bridgehead atoms. The van der Waals surface area contributed by atoms with Crippen LogP contribution in [0.4, 0.5) is 8.78 Å². The molecule has 1 aliphatic rings. The molecule has 2 unspecified atom stereocenters. The number of pyridine rings is 1. The van der Waals surface area contributed by atoms with Crippen molar-refractivity contribution in [2.75, 3.05) is 20.2 Å². The van der Waals surface area contributed by atoms with E-state index < -0.39 is 17.4 Å². The van der Waals surface area contributed by atoms with Crippen LogP contribution in [-0.2, 0) is 0 Å². The molecular weight excluding hydrogens is 382 g/mol. The van der Waals surface area contributed by atoms with Crippen LogP contribution in [0.1, 0.15) is 34.9 Å². The molecule has 2 atom stereocenters. The highest BCUT2D eigenvalue weighted by Gasteiger charge is 2.30. The number of halogens is 2. The van der Waals surface area contributed by atoms with E-state index in [0.29, 0.717) is 30.7 Å². The molecule has 0 aliphatic carbocycles. The maximum atomic E-state index is 14.6. The van der Waals surface area contributed by atoms with Crippen molar-refractivity contribution in [3.63, 3.8) is 0 Å². The monoisotopic (exact) mass is 402 g/mol. The van der Waals surface area contributed by atoms with Gasteiger partial charge in [-0.2, -0.15) is 0 Å². The largest absolute Gasteiger partial charge is 0.505 e. The molecule has 146 valence electrons. The molecule has 2 N–H and O–H groups in total. The summed E-state index contributed by atoms with van der Waals surface area (Å²) in [6.45, 7) is 3.17. The normalized spacial score (nSPS) is 16.6. The Morgan fingerprint density at radius 2 is 2.14 bits per heavy atom. The summed E-state index contributed by atoms with van der Waals surface area (Å²) in [6.07, 6.45) is 0. The van der Waals surface area contributed by atoms with Gasteiger partial charge in [-0.25, -0.2) is 13.8 Å². The van der Waals surface area contributed by atoms with Crippen LogP contribution in [0.15, 0.2) is 35.7 Å². The van der Waals surface area contributed by atoms with Crippen LogP contribution in [0.3, 0.4) is 0 Å². The van der Waals surface area contributed by atoms with Crippen molar-refractivity contribution < 1.29 is 18.6 Å². The van der Waals surface area contributed by atoms with E-state index in [1.807, 2.05) is 37.6 Å². The molecule has 2 aromatic heterocycles. The third kappa shape index (κ3) is 3.25. The molecule has 0 fully saturated rings. The zero-order chi connectivity index (χ0) is 19.8. The van der Waals surface area contributed by atoms with Crippen LogP contribution in [0.5, 0.6) is 11.5 Å². The van der Waals surface area contributed by atoms with Crippen LogP contribution >= 0.6 is 11.3 Å². The van der Waals surface area contributed by atoms with Crippen LogP contribution in [0.25, 0.3) is 11.3 Å². The number of nitrogens with zero attached hydrogens (tertiary/aromatic N) is 1. The number of aromatic nitrogens is 1. The van der Waals surface area contributed by atoms with E-state index in [-0.39, 0.29) is 17.4 Å². The number of benzene rings is 1. The van der Waals surface area contributed by atoms with E-state index in [9.17, 15) is 13.9 Å². The summed E-state index contributed by atoms with van der Waals surface area (Å²) in [5, 5.41) is 15.0. The van der Waals surface area contributed by atoms with Gasteiger partial charge in [0.1, 0.15) is 17.3 Å². The number of fused-ring (bicyclic) bond motifs is 1. The third-order valence-electron chi connectivity index (χ3n) is 4.97. The van der Waals surface area contributed by atoms with Crippen LogP contribution in [0.2, 0.25) is 0 Å². The Kier molecular flexibility index (Phi) is 5.03. The lowest BCUT2D eigenvalue weighted by Crippen LogP contribution is -2.19. The molecule has 0 amide bonds. The summed E-state index contributed by atoms with van der Waals surface area (Å²) < 4.78 is 33.9. The second-order valence-corrected chi connectivity index (χ2v) is 7.91. The summed E-state index contributed by atoms with van der Waals surface area (Å²) in [5.41, 5.74) is 2.05. The van der Waals surface area contributed by atoms with Gasteiger partial charge >= 0.3 is 0 Å². The van der Waals surface area contributed by atoms with Gasteiger partial charge in [0.2, 0.25) is 0 Å². The number of thiophene rings is 1. The molecule has 4 rings (SSSR count). The Morgan fingerprint density at radius 1 is 1.32 bits per heavy atom. The fraction of sp³-hybridized carbons (Fsp3) is 0.286. The topological polar surface area (TPSA) is 54.4 Å². The first kappa shape index (κ1) is 18.8. The van der Waals surface area contributed by atoms with Gasteiger partial charge in [0.05, 0.1) is 12.3 Å². The first-order chi connectivity index (χ1) is 13.5. The second kappa shape index (κ2) is 7.48. The van der Waals surface area contributed by atoms with E-state index in [1.165, 1.54) is 0 Å². The Bertz CT molecular complexity index is 1010. The Morgan fingerprint density at radius 3 is 2.86 bits per heavy atom. The standard InChI is InChI=1S/C21H20F2N2O2S/c1-11-10-27-21-12(11)6-17(14(9-24-2)19-4-3-5-28-19)25-20(21)13-7-18(26)16(23)8-15(13)22/h3-8,11,14,24,26H,9-10H2,1-2H3. The van der Waals surface area contributed by atoms with Crippen molar-refractivity contribution in [2.45, 2.75) is 18.8 Å². The van der Waals surface area contributed by atoms with Gasteiger partial charge in [-0.1, -0.05) is 13.0 Å². The van der Waals surface area contributed by atoms with Crippen molar-refractivity contribution in [1.82, 2.24) is 10.3 Å². The Labute approximate surface area is 165 Å². The van der Waals surface area contributed by atoms with Crippen molar-refractivity contribution >= 4 is 11.3 Å². The Balaban J connectivity index is 1.92. The van der Waals surface area contributed by atoms with Crippen molar-refractivity contribution in [3.05, 3.63) is 63.5 Å². The number of ether oxygens (including phenoxy) is 1. The zero-order valence-corrected chi connectivity index (χ0v) is 16.3. The van der Waals surface area contributed by atoms with Crippen LogP contribution in [0, 0.1) is 11.6 Å². The predicted octanol–water partition coefficient (Wildman–Crippen LogP) is 4.64. The first-order valence-electron chi connectivity index (χ1n) is 9.03. The van der Waals surface area contributed by atoms with Crippen molar-refractivity contribution in [3.8, 4) is 22.8 Å². The van der Waals surface area contributed by atoms with E-state index in [0.717, 1.165) is 22.2 Å². The zero-order valence-electron chi connectivity index (χ0n) is 15.5. The van der Waals surface area contributed by atoms with Crippen LogP contribution < -0.4 is 10.1 Å². The lowest BCUT2D eigenvalue weighted by atomic mass is 9.95. The molecular formula is C21H20F2N2O2S. The van der Waals surface area contributed by atoms with Crippen molar-refractivity contribution in [2.24, 2.45) is 0 Å². The lowest BCUT2D eigenvalue weighted by Gasteiger charge is -2.18. The number of phenols is 1. The molecule has 0 saturated heterocycles. The first-order valence-corrected chi connectivity index (χ1v) is 9.91. The predicted molar refractivity (Wildman–Crippen MR) is 105 cm³/mol. The van der Waals surface area contributed by atoms with Gasteiger partial charge in [0, 0.05) is 40.5 Å². The number of aromatic hydroxyl groups is 1. The SMILES string of the molecule is CNCC(c1cc2c(c(-c3cc(O)c(F)cc3F)n1)OCC2C)c1cccs1. The second-order valence-electron chi connectivity index (χ2n) is 6.94.